The lowest BCUT2D eigenvalue weighted by atomic mass is 9.80. The lowest BCUT2D eigenvalue weighted by molar-refractivity contribution is -0.153. The van der Waals surface area contributed by atoms with Crippen molar-refractivity contribution in [1.82, 2.24) is 4.90 Å². The third-order valence-electron chi connectivity index (χ3n) is 10.7. The van der Waals surface area contributed by atoms with Gasteiger partial charge in [0.05, 0.1) is 32.0 Å². The van der Waals surface area contributed by atoms with Crippen LogP contribution in [0.2, 0.25) is 0 Å². The fourth-order valence-electron chi connectivity index (χ4n) is 8.04. The van der Waals surface area contributed by atoms with Crippen LogP contribution in [-0.4, -0.2) is 55.1 Å². The molecule has 1 saturated heterocycles. The molecular formula is C48H49NO5. The van der Waals surface area contributed by atoms with Gasteiger partial charge in [0.15, 0.2) is 11.4 Å². The summed E-state index contributed by atoms with van der Waals surface area (Å²) in [4.78, 5) is 29.5. The van der Waals surface area contributed by atoms with Crippen LogP contribution in [0.1, 0.15) is 54.4 Å². The van der Waals surface area contributed by atoms with Gasteiger partial charge in [-0.15, -0.1) is 0 Å². The lowest BCUT2D eigenvalue weighted by Gasteiger charge is -2.35. The molecule has 2 aliphatic rings. The van der Waals surface area contributed by atoms with Crippen LogP contribution in [0.4, 0.5) is 0 Å². The van der Waals surface area contributed by atoms with Gasteiger partial charge in [0.25, 0.3) is 0 Å². The van der Waals surface area contributed by atoms with Crippen molar-refractivity contribution in [2.75, 3.05) is 26.3 Å². The summed E-state index contributed by atoms with van der Waals surface area (Å²) < 4.78 is 18.7. The van der Waals surface area contributed by atoms with E-state index in [1.807, 2.05) is 109 Å². The lowest BCUT2D eigenvalue weighted by Crippen LogP contribution is -2.49. The molecule has 6 heteroatoms. The van der Waals surface area contributed by atoms with E-state index in [0.717, 1.165) is 48.2 Å². The maximum absolute atomic E-state index is 13.7. The van der Waals surface area contributed by atoms with Crippen molar-refractivity contribution in [3.63, 3.8) is 0 Å². The van der Waals surface area contributed by atoms with Gasteiger partial charge < -0.3 is 14.2 Å². The topological polar surface area (TPSA) is 65.1 Å². The molecule has 3 atom stereocenters. The van der Waals surface area contributed by atoms with Gasteiger partial charge in [0.1, 0.15) is 0 Å². The largest absolute Gasteiger partial charge is 0.444 e. The van der Waals surface area contributed by atoms with E-state index in [9.17, 15) is 9.59 Å². The zero-order valence-electron chi connectivity index (χ0n) is 30.8. The summed E-state index contributed by atoms with van der Waals surface area (Å²) in [6.07, 6.45) is 6.92. The first kappa shape index (κ1) is 37.2. The number of hydrogen-bond donors (Lipinski definition) is 0. The smallest absolute Gasteiger partial charge is 0.307 e. The Hall–Kier alpha value is -5.14. The fourth-order valence-corrected chi connectivity index (χ4v) is 8.04. The Bertz CT molecular complexity index is 1840. The highest BCUT2D eigenvalue weighted by molar-refractivity contribution is 5.87. The van der Waals surface area contributed by atoms with Crippen LogP contribution in [0.15, 0.2) is 158 Å². The van der Waals surface area contributed by atoms with E-state index in [2.05, 4.69) is 53.5 Å². The molecule has 7 rings (SSSR count). The molecule has 1 aliphatic heterocycles. The van der Waals surface area contributed by atoms with Crippen LogP contribution >= 0.6 is 0 Å². The Morgan fingerprint density at radius 1 is 0.685 bits per heavy atom. The number of ketones is 1. The van der Waals surface area contributed by atoms with Crippen molar-refractivity contribution in [3.05, 3.63) is 180 Å². The van der Waals surface area contributed by atoms with E-state index >= 15 is 0 Å². The summed E-state index contributed by atoms with van der Waals surface area (Å²) >= 11 is 0. The monoisotopic (exact) mass is 719 g/mol. The minimum absolute atomic E-state index is 0.0806. The quantitative estimate of drug-likeness (QED) is 0.0611. The Kier molecular flexibility index (Phi) is 12.6. The molecule has 1 heterocycles. The molecule has 0 bridgehead atoms. The van der Waals surface area contributed by atoms with Gasteiger partial charge in [-0.2, -0.15) is 0 Å². The Balaban J connectivity index is 0.988. The fraction of sp³-hybridized carbons (Fsp3) is 0.292. The normalized spacial score (nSPS) is 19.3. The molecule has 6 nitrogen and oxygen atoms in total. The number of carbonyl (C=O) groups is 2. The van der Waals surface area contributed by atoms with Gasteiger partial charge in [-0.05, 0) is 36.0 Å². The molecule has 54 heavy (non-hydrogen) atoms. The highest BCUT2D eigenvalue weighted by atomic mass is 16.6. The second kappa shape index (κ2) is 18.3. The number of morpholine rings is 1. The van der Waals surface area contributed by atoms with Crippen LogP contribution in [0.5, 0.6) is 0 Å². The van der Waals surface area contributed by atoms with Gasteiger partial charge in [0, 0.05) is 48.5 Å². The van der Waals surface area contributed by atoms with Crippen molar-refractivity contribution in [3.8, 4) is 11.1 Å². The second-order valence-electron chi connectivity index (χ2n) is 14.2. The van der Waals surface area contributed by atoms with Crippen LogP contribution in [-0.2, 0) is 36.0 Å². The molecule has 5 aromatic carbocycles. The summed E-state index contributed by atoms with van der Waals surface area (Å²) in [5, 5.41) is 0. The number of allylic oxidation sites excluding steroid dienone is 2. The predicted octanol–water partition coefficient (Wildman–Crippen LogP) is 9.18. The van der Waals surface area contributed by atoms with Crippen molar-refractivity contribution in [2.24, 2.45) is 5.92 Å². The van der Waals surface area contributed by atoms with Crippen molar-refractivity contribution >= 4 is 11.8 Å². The maximum Gasteiger partial charge on any atom is 0.307 e. The Labute approximate surface area is 319 Å². The molecule has 0 spiro atoms. The maximum atomic E-state index is 13.7. The van der Waals surface area contributed by atoms with E-state index in [0.29, 0.717) is 32.7 Å². The van der Waals surface area contributed by atoms with Gasteiger partial charge in [0.2, 0.25) is 0 Å². The number of rotatable bonds is 15. The standard InChI is InChI=1S/C48H49NO5/c50-44-35-45(53-36-37-27-29-39(30-28-37)38-17-7-3-8-18-38)43(47(44)49-31-33-52-34-32-49)25-15-1-2-16-26-46(51)54-48(40-19-9-4-10-20-40,41-21-11-5-12-22-41)42-23-13-6-14-24-42/h1-14,17-24,27-30,43,45,47H,15-16,25-26,31-36H2/b2-1-/t43?,45-,47+/m0/s1. The van der Waals surface area contributed by atoms with Crippen molar-refractivity contribution < 1.29 is 23.8 Å². The van der Waals surface area contributed by atoms with Crippen molar-refractivity contribution in [2.45, 2.75) is 56.5 Å². The summed E-state index contributed by atoms with van der Waals surface area (Å²) in [5.74, 6) is 0.0732. The third kappa shape index (κ3) is 8.79. The van der Waals surface area contributed by atoms with Gasteiger partial charge in [-0.25, -0.2) is 0 Å². The van der Waals surface area contributed by atoms with Crippen LogP contribution < -0.4 is 0 Å². The number of ether oxygens (including phenoxy) is 3. The highest BCUT2D eigenvalue weighted by Gasteiger charge is 2.46. The molecule has 1 unspecified atom stereocenters. The zero-order valence-corrected chi connectivity index (χ0v) is 30.8. The van der Waals surface area contributed by atoms with Gasteiger partial charge in [-0.1, -0.05) is 158 Å². The molecule has 0 amide bonds. The summed E-state index contributed by atoms with van der Waals surface area (Å²) in [6.45, 7) is 3.27. The summed E-state index contributed by atoms with van der Waals surface area (Å²) in [5.41, 5.74) is 5.06. The van der Waals surface area contributed by atoms with Crippen LogP contribution in [0, 0.1) is 5.92 Å². The molecule has 2 fully saturated rings. The first-order chi connectivity index (χ1) is 26.6. The number of carbonyl (C=O) groups excluding carboxylic acids is 2. The third-order valence-corrected chi connectivity index (χ3v) is 10.7. The average Bonchev–Trinajstić information content (AvgIpc) is 3.56. The number of Topliss-reactive ketones (excluding diaryl/α,β-unsaturated/α-hetero) is 1. The first-order valence-electron chi connectivity index (χ1n) is 19.3. The molecule has 0 radical (unpaired) electrons. The summed E-state index contributed by atoms with van der Waals surface area (Å²) in [7, 11) is 0. The van der Waals surface area contributed by atoms with Gasteiger partial charge >= 0.3 is 5.97 Å². The average molecular weight is 720 g/mol. The molecule has 0 N–H and O–H groups in total. The van der Waals surface area contributed by atoms with Gasteiger partial charge in [-0.3, -0.25) is 14.5 Å². The van der Waals surface area contributed by atoms with Crippen LogP contribution in [0.25, 0.3) is 11.1 Å². The predicted molar refractivity (Wildman–Crippen MR) is 213 cm³/mol. The highest BCUT2D eigenvalue weighted by Crippen LogP contribution is 2.41. The van der Waals surface area contributed by atoms with E-state index in [1.54, 1.807) is 0 Å². The first-order valence-corrected chi connectivity index (χ1v) is 19.3. The van der Waals surface area contributed by atoms with Crippen molar-refractivity contribution in [1.29, 1.82) is 0 Å². The van der Waals surface area contributed by atoms with E-state index in [1.165, 1.54) is 11.1 Å². The second-order valence-corrected chi connectivity index (χ2v) is 14.2. The van der Waals surface area contributed by atoms with E-state index in [-0.39, 0.29) is 36.2 Å². The SMILES string of the molecule is O=C(CC/C=C\CCC1[C@@H](OCc2ccc(-c3ccccc3)cc2)CC(=O)[C@@H]1N1CCOCC1)OC(c1ccccc1)(c1ccccc1)c1ccccc1. The molecule has 276 valence electrons. The molecule has 1 aliphatic carbocycles. The Morgan fingerprint density at radius 3 is 1.78 bits per heavy atom. The minimum Gasteiger partial charge on any atom is -0.444 e. The van der Waals surface area contributed by atoms with E-state index < -0.39 is 5.60 Å². The number of hydrogen-bond acceptors (Lipinski definition) is 6. The number of nitrogens with zero attached hydrogens (tertiary/aromatic N) is 1. The van der Waals surface area contributed by atoms with E-state index in [4.69, 9.17) is 14.2 Å². The summed E-state index contributed by atoms with van der Waals surface area (Å²) in [6, 6.07) is 48.6. The molecule has 5 aromatic rings. The zero-order chi connectivity index (χ0) is 37.0. The van der Waals surface area contributed by atoms with Crippen LogP contribution in [0.3, 0.4) is 0 Å². The Morgan fingerprint density at radius 2 is 1.20 bits per heavy atom. The number of esters is 1. The molecule has 1 saturated carbocycles. The molecule has 0 aromatic heterocycles. The molecular weight excluding hydrogens is 671 g/mol. The minimum atomic E-state index is -1.08. The number of benzene rings is 5.